The Morgan fingerprint density at radius 2 is 1.92 bits per heavy atom. The number of rotatable bonds is 6. The summed E-state index contributed by atoms with van der Waals surface area (Å²) in [6.07, 6.45) is 1.77. The van der Waals surface area contributed by atoms with Crippen molar-refractivity contribution < 1.29 is 4.79 Å². The molecule has 0 N–H and O–H groups in total. The molecule has 0 bridgehead atoms. The van der Waals surface area contributed by atoms with E-state index in [1.165, 1.54) is 0 Å². The SMILES string of the molecule is CCCN(CC)C(C)C(=O)CC. The maximum Gasteiger partial charge on any atom is 0.149 e. The van der Waals surface area contributed by atoms with Gasteiger partial charge in [-0.15, -0.1) is 0 Å². The smallest absolute Gasteiger partial charge is 0.149 e. The molecule has 0 aliphatic rings. The molecule has 2 heteroatoms. The van der Waals surface area contributed by atoms with Crippen LogP contribution in [0.1, 0.15) is 40.5 Å². The lowest BCUT2D eigenvalue weighted by Gasteiger charge is -2.25. The Labute approximate surface area is 75.9 Å². The van der Waals surface area contributed by atoms with Gasteiger partial charge in [0.2, 0.25) is 0 Å². The van der Waals surface area contributed by atoms with Gasteiger partial charge in [0.25, 0.3) is 0 Å². The second-order valence-corrected chi connectivity index (χ2v) is 3.12. The molecule has 0 aliphatic heterocycles. The van der Waals surface area contributed by atoms with E-state index >= 15 is 0 Å². The molecule has 0 amide bonds. The van der Waals surface area contributed by atoms with E-state index in [-0.39, 0.29) is 6.04 Å². The molecule has 0 aliphatic carbocycles. The maximum atomic E-state index is 11.3. The summed E-state index contributed by atoms with van der Waals surface area (Å²) in [5.74, 6) is 0.352. The predicted octanol–water partition coefficient (Wildman–Crippen LogP) is 2.09. The molecule has 1 atom stereocenters. The van der Waals surface area contributed by atoms with Gasteiger partial charge < -0.3 is 0 Å². The van der Waals surface area contributed by atoms with Crippen molar-refractivity contribution in [3.05, 3.63) is 0 Å². The van der Waals surface area contributed by atoms with Crippen LogP contribution >= 0.6 is 0 Å². The number of carbonyl (C=O) groups excluding carboxylic acids is 1. The summed E-state index contributed by atoms with van der Waals surface area (Å²) >= 11 is 0. The maximum absolute atomic E-state index is 11.3. The van der Waals surface area contributed by atoms with Crippen molar-refractivity contribution in [1.29, 1.82) is 0 Å². The molecule has 0 saturated heterocycles. The topological polar surface area (TPSA) is 20.3 Å². The quantitative estimate of drug-likeness (QED) is 0.610. The van der Waals surface area contributed by atoms with Crippen LogP contribution in [0.4, 0.5) is 0 Å². The Balaban J connectivity index is 4.00. The van der Waals surface area contributed by atoms with Crippen molar-refractivity contribution in [3.63, 3.8) is 0 Å². The van der Waals surface area contributed by atoms with Crippen LogP contribution in [0.25, 0.3) is 0 Å². The lowest BCUT2D eigenvalue weighted by molar-refractivity contribution is -0.123. The van der Waals surface area contributed by atoms with Crippen molar-refractivity contribution in [2.45, 2.75) is 46.6 Å². The second kappa shape index (κ2) is 6.18. The van der Waals surface area contributed by atoms with Gasteiger partial charge in [-0.3, -0.25) is 9.69 Å². The zero-order valence-corrected chi connectivity index (χ0v) is 8.76. The predicted molar refractivity (Wildman–Crippen MR) is 52.3 cm³/mol. The molecule has 0 spiro atoms. The molecule has 0 fully saturated rings. The van der Waals surface area contributed by atoms with E-state index < -0.39 is 0 Å². The Morgan fingerprint density at radius 3 is 2.25 bits per heavy atom. The minimum atomic E-state index is 0.111. The first-order chi connectivity index (χ1) is 5.67. The standard InChI is InChI=1S/C10H21NO/c1-5-8-11(7-3)9(4)10(12)6-2/h9H,5-8H2,1-4H3. The van der Waals surface area contributed by atoms with Gasteiger partial charge >= 0.3 is 0 Å². The van der Waals surface area contributed by atoms with E-state index in [0.29, 0.717) is 12.2 Å². The number of ketones is 1. The van der Waals surface area contributed by atoms with Gasteiger partial charge in [0, 0.05) is 6.42 Å². The first kappa shape index (κ1) is 11.6. The number of likely N-dealkylation sites (N-methyl/N-ethyl adjacent to an activating group) is 1. The van der Waals surface area contributed by atoms with E-state index in [0.717, 1.165) is 19.5 Å². The molecule has 1 unspecified atom stereocenters. The zero-order valence-electron chi connectivity index (χ0n) is 8.76. The van der Waals surface area contributed by atoms with Crippen LogP contribution in [-0.4, -0.2) is 29.8 Å². The average Bonchev–Trinajstić information content (AvgIpc) is 2.11. The third-order valence-corrected chi connectivity index (χ3v) is 2.28. The summed E-state index contributed by atoms with van der Waals surface area (Å²) in [6.45, 7) is 10.2. The number of nitrogens with zero attached hydrogens (tertiary/aromatic N) is 1. The average molecular weight is 171 g/mol. The number of Topliss-reactive ketones (excluding diaryl/α,β-unsaturated/α-hetero) is 1. The van der Waals surface area contributed by atoms with Gasteiger partial charge in [-0.2, -0.15) is 0 Å². The molecule has 0 aromatic carbocycles. The molecular weight excluding hydrogens is 150 g/mol. The van der Waals surface area contributed by atoms with Crippen LogP contribution in [0, 0.1) is 0 Å². The highest BCUT2D eigenvalue weighted by Crippen LogP contribution is 2.03. The van der Waals surface area contributed by atoms with E-state index in [2.05, 4.69) is 18.7 Å². The highest BCUT2D eigenvalue weighted by Gasteiger charge is 2.16. The van der Waals surface area contributed by atoms with Gasteiger partial charge in [0.1, 0.15) is 5.78 Å². The highest BCUT2D eigenvalue weighted by molar-refractivity contribution is 5.83. The Kier molecular flexibility index (Phi) is 5.99. The molecule has 0 heterocycles. The van der Waals surface area contributed by atoms with E-state index in [9.17, 15) is 4.79 Å². The number of carbonyl (C=O) groups is 1. The van der Waals surface area contributed by atoms with E-state index in [1.807, 2.05) is 13.8 Å². The Hall–Kier alpha value is -0.370. The molecule has 0 aromatic rings. The summed E-state index contributed by atoms with van der Waals surface area (Å²) in [6, 6.07) is 0.111. The monoisotopic (exact) mass is 171 g/mol. The van der Waals surface area contributed by atoms with Crippen LogP contribution < -0.4 is 0 Å². The third-order valence-electron chi connectivity index (χ3n) is 2.28. The number of hydrogen-bond donors (Lipinski definition) is 0. The molecule has 0 aromatic heterocycles. The molecule has 0 radical (unpaired) electrons. The first-order valence-electron chi connectivity index (χ1n) is 4.94. The van der Waals surface area contributed by atoms with Crippen LogP contribution in [0.15, 0.2) is 0 Å². The highest BCUT2D eigenvalue weighted by atomic mass is 16.1. The van der Waals surface area contributed by atoms with Gasteiger partial charge in [-0.25, -0.2) is 0 Å². The lowest BCUT2D eigenvalue weighted by Crippen LogP contribution is -2.39. The van der Waals surface area contributed by atoms with Crippen molar-refractivity contribution >= 4 is 5.78 Å². The van der Waals surface area contributed by atoms with Crippen LogP contribution in [0.5, 0.6) is 0 Å². The van der Waals surface area contributed by atoms with Crippen LogP contribution in [0.3, 0.4) is 0 Å². The second-order valence-electron chi connectivity index (χ2n) is 3.12. The van der Waals surface area contributed by atoms with Crippen molar-refractivity contribution in [2.75, 3.05) is 13.1 Å². The van der Waals surface area contributed by atoms with Gasteiger partial charge in [-0.1, -0.05) is 20.8 Å². The van der Waals surface area contributed by atoms with Crippen molar-refractivity contribution in [3.8, 4) is 0 Å². The minimum absolute atomic E-state index is 0.111. The van der Waals surface area contributed by atoms with Gasteiger partial charge in [0.15, 0.2) is 0 Å². The molecule has 72 valence electrons. The van der Waals surface area contributed by atoms with Crippen LogP contribution in [0.2, 0.25) is 0 Å². The van der Waals surface area contributed by atoms with Crippen molar-refractivity contribution in [2.24, 2.45) is 0 Å². The first-order valence-corrected chi connectivity index (χ1v) is 4.94. The fourth-order valence-corrected chi connectivity index (χ4v) is 1.41. The number of hydrogen-bond acceptors (Lipinski definition) is 2. The van der Waals surface area contributed by atoms with Gasteiger partial charge in [0.05, 0.1) is 6.04 Å². The molecule has 2 nitrogen and oxygen atoms in total. The fourth-order valence-electron chi connectivity index (χ4n) is 1.41. The zero-order chi connectivity index (χ0) is 9.56. The molecule has 12 heavy (non-hydrogen) atoms. The summed E-state index contributed by atoms with van der Waals surface area (Å²) in [7, 11) is 0. The molecule has 0 saturated carbocycles. The van der Waals surface area contributed by atoms with Gasteiger partial charge in [-0.05, 0) is 26.4 Å². The normalized spacial score (nSPS) is 13.4. The lowest BCUT2D eigenvalue weighted by atomic mass is 10.1. The summed E-state index contributed by atoms with van der Waals surface area (Å²) in [4.78, 5) is 13.6. The summed E-state index contributed by atoms with van der Waals surface area (Å²) in [5.41, 5.74) is 0. The molecule has 0 rings (SSSR count). The summed E-state index contributed by atoms with van der Waals surface area (Å²) in [5, 5.41) is 0. The van der Waals surface area contributed by atoms with E-state index in [1.54, 1.807) is 0 Å². The molecular formula is C10H21NO. The van der Waals surface area contributed by atoms with Crippen LogP contribution in [-0.2, 0) is 4.79 Å². The Morgan fingerprint density at radius 1 is 1.33 bits per heavy atom. The summed E-state index contributed by atoms with van der Waals surface area (Å²) < 4.78 is 0. The minimum Gasteiger partial charge on any atom is -0.298 e. The van der Waals surface area contributed by atoms with E-state index in [4.69, 9.17) is 0 Å². The largest absolute Gasteiger partial charge is 0.298 e. The Bertz CT molecular complexity index is 134. The van der Waals surface area contributed by atoms with Crippen molar-refractivity contribution in [1.82, 2.24) is 4.90 Å². The fraction of sp³-hybridized carbons (Fsp3) is 0.900. The third kappa shape index (κ3) is 3.35.